The van der Waals surface area contributed by atoms with Crippen LogP contribution in [0.25, 0.3) is 0 Å². The molecule has 116 valence electrons. The fourth-order valence-corrected chi connectivity index (χ4v) is 1.68. The lowest BCUT2D eigenvalue weighted by Crippen LogP contribution is -2.30. The van der Waals surface area contributed by atoms with E-state index in [1.807, 2.05) is 13.8 Å². The maximum Gasteiger partial charge on any atom is 0.330 e. The molecule has 0 rings (SSSR count). The number of amides is 1. The number of ether oxygens (including phenoxy) is 1. The summed E-state index contributed by atoms with van der Waals surface area (Å²) < 4.78 is 5.17. The van der Waals surface area contributed by atoms with E-state index in [-0.39, 0.29) is 11.9 Å². The molecule has 2 unspecified atom stereocenters. The lowest BCUT2D eigenvalue weighted by Gasteiger charge is -2.13. The predicted molar refractivity (Wildman–Crippen MR) is 81.3 cm³/mol. The van der Waals surface area contributed by atoms with Crippen LogP contribution in [0.3, 0.4) is 0 Å². The van der Waals surface area contributed by atoms with Crippen molar-refractivity contribution >= 4 is 11.9 Å². The van der Waals surface area contributed by atoms with Crippen LogP contribution in [0.1, 0.15) is 59.8 Å². The average Bonchev–Trinajstić information content (AvgIpc) is 2.45. The molecular formula is C16H29NO3. The molecule has 0 fully saturated rings. The Hall–Kier alpha value is -1.32. The smallest absolute Gasteiger partial charge is 0.330 e. The second-order valence-corrected chi connectivity index (χ2v) is 5.20. The van der Waals surface area contributed by atoms with Gasteiger partial charge in [-0.1, -0.05) is 40.0 Å². The third-order valence-corrected chi connectivity index (χ3v) is 3.38. The van der Waals surface area contributed by atoms with Gasteiger partial charge in [0, 0.05) is 18.2 Å². The van der Waals surface area contributed by atoms with Crippen LogP contribution in [0.4, 0.5) is 0 Å². The van der Waals surface area contributed by atoms with Crippen LogP contribution in [0.15, 0.2) is 12.2 Å². The number of rotatable bonds is 10. The van der Waals surface area contributed by atoms with Gasteiger partial charge in [-0.25, -0.2) is 4.79 Å². The number of carbonyl (C=O) groups excluding carboxylic acids is 2. The standard InChI is InChI=1S/C16H29NO3/c1-5-8-9-14(7-3)12-20-16(19)11-10-15(18)17-13(4)6-2/h10-11,13-14H,5-9,12H2,1-4H3,(H,17,18)/b11-10-. The lowest BCUT2D eigenvalue weighted by molar-refractivity contribution is -0.139. The highest BCUT2D eigenvalue weighted by Gasteiger charge is 2.09. The molecule has 1 N–H and O–H groups in total. The summed E-state index contributed by atoms with van der Waals surface area (Å²) in [4.78, 5) is 23.0. The maximum atomic E-state index is 11.5. The molecule has 0 aromatic heterocycles. The fraction of sp³-hybridized carbons (Fsp3) is 0.750. The Bertz CT molecular complexity index is 313. The lowest BCUT2D eigenvalue weighted by atomic mass is 10.0. The van der Waals surface area contributed by atoms with Crippen molar-refractivity contribution in [3.05, 3.63) is 12.2 Å². The van der Waals surface area contributed by atoms with Crippen LogP contribution in [0.2, 0.25) is 0 Å². The summed E-state index contributed by atoms with van der Waals surface area (Å²) in [5, 5.41) is 2.76. The van der Waals surface area contributed by atoms with Crippen molar-refractivity contribution in [1.29, 1.82) is 0 Å². The van der Waals surface area contributed by atoms with Crippen molar-refractivity contribution in [3.63, 3.8) is 0 Å². The molecule has 0 bridgehead atoms. The van der Waals surface area contributed by atoms with Crippen LogP contribution in [0, 0.1) is 5.92 Å². The summed E-state index contributed by atoms with van der Waals surface area (Å²) in [5.74, 6) is -0.283. The van der Waals surface area contributed by atoms with Gasteiger partial charge in [0.2, 0.25) is 5.91 Å². The summed E-state index contributed by atoms with van der Waals surface area (Å²) >= 11 is 0. The van der Waals surface area contributed by atoms with Crippen LogP contribution < -0.4 is 5.32 Å². The van der Waals surface area contributed by atoms with Gasteiger partial charge in [-0.15, -0.1) is 0 Å². The molecule has 4 nitrogen and oxygen atoms in total. The topological polar surface area (TPSA) is 55.4 Å². The Morgan fingerprint density at radius 3 is 2.40 bits per heavy atom. The monoisotopic (exact) mass is 283 g/mol. The first-order valence-corrected chi connectivity index (χ1v) is 7.68. The fourth-order valence-electron chi connectivity index (χ4n) is 1.68. The van der Waals surface area contributed by atoms with E-state index >= 15 is 0 Å². The number of esters is 1. The maximum absolute atomic E-state index is 11.5. The molecule has 0 aliphatic heterocycles. The SMILES string of the molecule is CCCCC(CC)COC(=O)/C=C\C(=O)NC(C)CC. The van der Waals surface area contributed by atoms with Gasteiger partial charge in [-0.05, 0) is 25.7 Å². The van der Waals surface area contributed by atoms with Crippen molar-refractivity contribution in [1.82, 2.24) is 5.32 Å². The summed E-state index contributed by atoms with van der Waals surface area (Å²) in [6.07, 6.45) is 7.69. The van der Waals surface area contributed by atoms with E-state index in [0.29, 0.717) is 12.5 Å². The highest BCUT2D eigenvalue weighted by molar-refractivity contribution is 5.94. The molecule has 1 amide bonds. The Morgan fingerprint density at radius 2 is 1.85 bits per heavy atom. The largest absolute Gasteiger partial charge is 0.462 e. The molecule has 0 aliphatic carbocycles. The normalized spacial score (nSPS) is 14.0. The zero-order chi connectivity index (χ0) is 15.4. The molecule has 20 heavy (non-hydrogen) atoms. The second-order valence-electron chi connectivity index (χ2n) is 5.20. The van der Waals surface area contributed by atoms with E-state index in [1.54, 1.807) is 0 Å². The van der Waals surface area contributed by atoms with Gasteiger partial charge in [-0.3, -0.25) is 4.79 Å². The van der Waals surface area contributed by atoms with Gasteiger partial charge < -0.3 is 10.1 Å². The Balaban J connectivity index is 3.99. The molecule has 0 aromatic rings. The van der Waals surface area contributed by atoms with E-state index < -0.39 is 5.97 Å². The highest BCUT2D eigenvalue weighted by atomic mass is 16.5. The minimum absolute atomic E-state index is 0.113. The minimum atomic E-state index is -0.445. The van der Waals surface area contributed by atoms with Crippen LogP contribution in [-0.4, -0.2) is 24.5 Å². The number of hydrogen-bond acceptors (Lipinski definition) is 3. The second kappa shape index (κ2) is 11.5. The minimum Gasteiger partial charge on any atom is -0.462 e. The van der Waals surface area contributed by atoms with Gasteiger partial charge in [0.25, 0.3) is 0 Å². The first kappa shape index (κ1) is 18.7. The van der Waals surface area contributed by atoms with Crippen molar-refractivity contribution in [2.45, 2.75) is 65.8 Å². The molecular weight excluding hydrogens is 254 g/mol. The van der Waals surface area contributed by atoms with Crippen molar-refractivity contribution < 1.29 is 14.3 Å². The number of carbonyl (C=O) groups is 2. The molecule has 0 spiro atoms. The van der Waals surface area contributed by atoms with E-state index in [4.69, 9.17) is 4.74 Å². The predicted octanol–water partition coefficient (Wildman–Crippen LogP) is 3.22. The summed E-state index contributed by atoms with van der Waals surface area (Å²) in [6, 6.07) is 0.113. The summed E-state index contributed by atoms with van der Waals surface area (Å²) in [5.41, 5.74) is 0. The van der Waals surface area contributed by atoms with Gasteiger partial charge in [-0.2, -0.15) is 0 Å². The van der Waals surface area contributed by atoms with Gasteiger partial charge in [0.05, 0.1) is 6.61 Å². The van der Waals surface area contributed by atoms with Crippen LogP contribution in [-0.2, 0) is 14.3 Å². The molecule has 0 saturated heterocycles. The number of hydrogen-bond donors (Lipinski definition) is 1. The van der Waals surface area contributed by atoms with Gasteiger partial charge in [0.15, 0.2) is 0 Å². The summed E-state index contributed by atoms with van der Waals surface area (Å²) in [6.45, 7) is 8.60. The third-order valence-electron chi connectivity index (χ3n) is 3.38. The Kier molecular flexibility index (Phi) is 10.7. The molecule has 0 aliphatic rings. The van der Waals surface area contributed by atoms with Gasteiger partial charge >= 0.3 is 5.97 Å². The number of unbranched alkanes of at least 4 members (excludes halogenated alkanes) is 1. The molecule has 0 saturated carbocycles. The first-order chi connectivity index (χ1) is 9.53. The van der Waals surface area contributed by atoms with Crippen molar-refractivity contribution in [2.75, 3.05) is 6.61 Å². The molecule has 2 atom stereocenters. The quantitative estimate of drug-likeness (QED) is 0.495. The van der Waals surface area contributed by atoms with Gasteiger partial charge in [0.1, 0.15) is 0 Å². The Morgan fingerprint density at radius 1 is 1.15 bits per heavy atom. The van der Waals surface area contributed by atoms with E-state index in [9.17, 15) is 9.59 Å². The summed E-state index contributed by atoms with van der Waals surface area (Å²) in [7, 11) is 0. The highest BCUT2D eigenvalue weighted by Crippen LogP contribution is 2.12. The molecule has 0 aromatic carbocycles. The van der Waals surface area contributed by atoms with Crippen LogP contribution in [0.5, 0.6) is 0 Å². The third kappa shape index (κ3) is 9.59. The van der Waals surface area contributed by atoms with E-state index in [1.165, 1.54) is 12.2 Å². The van der Waals surface area contributed by atoms with E-state index in [2.05, 4.69) is 19.2 Å². The van der Waals surface area contributed by atoms with Crippen LogP contribution >= 0.6 is 0 Å². The Labute approximate surface area is 123 Å². The molecule has 4 heteroatoms. The first-order valence-electron chi connectivity index (χ1n) is 7.68. The zero-order valence-corrected chi connectivity index (χ0v) is 13.3. The number of nitrogens with one attached hydrogen (secondary N) is 1. The zero-order valence-electron chi connectivity index (χ0n) is 13.3. The average molecular weight is 283 g/mol. The van der Waals surface area contributed by atoms with E-state index in [0.717, 1.165) is 32.1 Å². The molecule has 0 radical (unpaired) electrons. The van der Waals surface area contributed by atoms with Crippen molar-refractivity contribution in [3.8, 4) is 0 Å². The molecule has 0 heterocycles. The van der Waals surface area contributed by atoms with Crippen molar-refractivity contribution in [2.24, 2.45) is 5.92 Å².